The fourth-order valence-corrected chi connectivity index (χ4v) is 0.560. The van der Waals surface area contributed by atoms with Crippen LogP contribution in [0.2, 0.25) is 0 Å². The van der Waals surface area contributed by atoms with E-state index in [2.05, 4.69) is 13.8 Å². The standard InChI is InChI=1S/C6H11O/c1-3-5(2)6-4-7-6/h6H,3-4H2,1-2H3. The summed E-state index contributed by atoms with van der Waals surface area (Å²) >= 11 is 0. The van der Waals surface area contributed by atoms with Crippen LogP contribution in [0.4, 0.5) is 0 Å². The summed E-state index contributed by atoms with van der Waals surface area (Å²) in [7, 11) is 0. The Morgan fingerprint density at radius 2 is 2.43 bits per heavy atom. The highest BCUT2D eigenvalue weighted by Gasteiger charge is 2.27. The van der Waals surface area contributed by atoms with Crippen molar-refractivity contribution >= 4 is 0 Å². The first-order chi connectivity index (χ1) is 3.34. The van der Waals surface area contributed by atoms with Crippen molar-refractivity contribution < 1.29 is 4.74 Å². The van der Waals surface area contributed by atoms with Gasteiger partial charge in [0.2, 0.25) is 0 Å². The molecule has 0 saturated carbocycles. The molecule has 1 aliphatic heterocycles. The van der Waals surface area contributed by atoms with Crippen molar-refractivity contribution in [2.45, 2.75) is 26.4 Å². The smallest absolute Gasteiger partial charge is 0.0869 e. The van der Waals surface area contributed by atoms with Gasteiger partial charge in [-0.2, -0.15) is 0 Å². The molecule has 0 aromatic carbocycles. The molecule has 1 fully saturated rings. The van der Waals surface area contributed by atoms with E-state index < -0.39 is 0 Å². The zero-order valence-electron chi connectivity index (χ0n) is 4.90. The minimum atomic E-state index is 0.532. The summed E-state index contributed by atoms with van der Waals surface area (Å²) in [5.74, 6) is 1.49. The number of hydrogen-bond acceptors (Lipinski definition) is 1. The predicted molar refractivity (Wildman–Crippen MR) is 28.9 cm³/mol. The quantitative estimate of drug-likeness (QED) is 0.476. The molecule has 1 atom stereocenters. The lowest BCUT2D eigenvalue weighted by Gasteiger charge is -1.97. The van der Waals surface area contributed by atoms with Crippen LogP contribution in [-0.4, -0.2) is 12.7 Å². The van der Waals surface area contributed by atoms with Gasteiger partial charge in [-0.25, -0.2) is 0 Å². The molecule has 0 aliphatic carbocycles. The molecule has 1 heteroatoms. The van der Waals surface area contributed by atoms with Crippen molar-refractivity contribution in [2.75, 3.05) is 6.61 Å². The number of rotatable bonds is 2. The van der Waals surface area contributed by atoms with E-state index in [9.17, 15) is 0 Å². The Morgan fingerprint density at radius 1 is 1.86 bits per heavy atom. The van der Waals surface area contributed by atoms with Gasteiger partial charge in [0.15, 0.2) is 0 Å². The monoisotopic (exact) mass is 99.1 g/mol. The summed E-state index contributed by atoms with van der Waals surface area (Å²) in [5, 5.41) is 0. The highest BCUT2D eigenvalue weighted by atomic mass is 16.6. The van der Waals surface area contributed by atoms with E-state index in [1.165, 1.54) is 12.3 Å². The molecule has 1 saturated heterocycles. The number of hydrogen-bond donors (Lipinski definition) is 0. The van der Waals surface area contributed by atoms with Crippen LogP contribution in [0.1, 0.15) is 20.3 Å². The summed E-state index contributed by atoms with van der Waals surface area (Å²) in [6.45, 7) is 5.29. The van der Waals surface area contributed by atoms with Crippen LogP contribution in [-0.2, 0) is 4.74 Å². The Morgan fingerprint density at radius 3 is 2.57 bits per heavy atom. The third-order valence-corrected chi connectivity index (χ3v) is 1.44. The number of ether oxygens (including phenoxy) is 1. The topological polar surface area (TPSA) is 12.5 Å². The fourth-order valence-electron chi connectivity index (χ4n) is 0.560. The van der Waals surface area contributed by atoms with Gasteiger partial charge in [0.05, 0.1) is 12.7 Å². The third kappa shape index (κ3) is 1.16. The molecule has 0 aromatic heterocycles. The van der Waals surface area contributed by atoms with Crippen molar-refractivity contribution in [3.8, 4) is 0 Å². The van der Waals surface area contributed by atoms with Crippen LogP contribution in [0.25, 0.3) is 0 Å². The Hall–Kier alpha value is -0.0400. The maximum Gasteiger partial charge on any atom is 0.0869 e. The molecule has 1 heterocycles. The van der Waals surface area contributed by atoms with Gasteiger partial charge in [0.25, 0.3) is 0 Å². The van der Waals surface area contributed by atoms with Crippen molar-refractivity contribution in [1.82, 2.24) is 0 Å². The van der Waals surface area contributed by atoms with Gasteiger partial charge in [-0.15, -0.1) is 0 Å². The SMILES string of the molecule is CC[C](C)C1CO1. The van der Waals surface area contributed by atoms with Crippen LogP contribution in [0.15, 0.2) is 0 Å². The normalized spacial score (nSPS) is 28.7. The van der Waals surface area contributed by atoms with E-state index in [0.29, 0.717) is 6.10 Å². The summed E-state index contributed by atoms with van der Waals surface area (Å²) in [6, 6.07) is 0. The fraction of sp³-hybridized carbons (Fsp3) is 0.833. The molecular weight excluding hydrogens is 88.1 g/mol. The first-order valence-electron chi connectivity index (χ1n) is 2.78. The van der Waals surface area contributed by atoms with Gasteiger partial charge in [-0.3, -0.25) is 0 Å². The third-order valence-electron chi connectivity index (χ3n) is 1.44. The van der Waals surface area contributed by atoms with Gasteiger partial charge in [0, 0.05) is 5.92 Å². The van der Waals surface area contributed by atoms with Gasteiger partial charge in [0.1, 0.15) is 0 Å². The summed E-state index contributed by atoms with van der Waals surface area (Å²) in [4.78, 5) is 0. The summed E-state index contributed by atoms with van der Waals surface area (Å²) in [5.41, 5.74) is 0. The van der Waals surface area contributed by atoms with E-state index in [-0.39, 0.29) is 0 Å². The molecule has 1 radical (unpaired) electrons. The average Bonchev–Trinajstić information content (AvgIpc) is 2.44. The molecule has 0 N–H and O–H groups in total. The summed E-state index contributed by atoms with van der Waals surface area (Å²) < 4.78 is 5.02. The van der Waals surface area contributed by atoms with E-state index in [4.69, 9.17) is 4.74 Å². The average molecular weight is 99.2 g/mol. The largest absolute Gasteiger partial charge is 0.373 e. The Labute approximate surface area is 44.7 Å². The Balaban J connectivity index is 2.10. The molecule has 1 nitrogen and oxygen atoms in total. The van der Waals surface area contributed by atoms with Gasteiger partial charge >= 0.3 is 0 Å². The maximum absolute atomic E-state index is 5.02. The predicted octanol–water partition coefficient (Wildman–Crippen LogP) is 1.39. The molecule has 0 spiro atoms. The van der Waals surface area contributed by atoms with Crippen LogP contribution in [0, 0.1) is 5.92 Å². The lowest BCUT2D eigenvalue weighted by atomic mass is 10.1. The molecule has 0 aromatic rings. The Kier molecular flexibility index (Phi) is 1.33. The molecular formula is C6H11O. The molecule has 7 heavy (non-hydrogen) atoms. The van der Waals surface area contributed by atoms with E-state index >= 15 is 0 Å². The second-order valence-electron chi connectivity index (χ2n) is 2.02. The lowest BCUT2D eigenvalue weighted by molar-refractivity contribution is 0.409. The zero-order valence-corrected chi connectivity index (χ0v) is 4.90. The van der Waals surface area contributed by atoms with Crippen molar-refractivity contribution in [1.29, 1.82) is 0 Å². The van der Waals surface area contributed by atoms with Gasteiger partial charge in [-0.1, -0.05) is 13.8 Å². The lowest BCUT2D eigenvalue weighted by Crippen LogP contribution is -1.96. The van der Waals surface area contributed by atoms with Crippen molar-refractivity contribution in [3.05, 3.63) is 5.92 Å². The van der Waals surface area contributed by atoms with E-state index in [1.54, 1.807) is 0 Å². The molecule has 0 amide bonds. The first-order valence-corrected chi connectivity index (χ1v) is 2.78. The minimum absolute atomic E-state index is 0.532. The minimum Gasteiger partial charge on any atom is -0.373 e. The summed E-state index contributed by atoms with van der Waals surface area (Å²) in [6.07, 6.45) is 1.70. The first kappa shape index (κ1) is 5.10. The van der Waals surface area contributed by atoms with Crippen molar-refractivity contribution in [3.63, 3.8) is 0 Å². The van der Waals surface area contributed by atoms with Crippen LogP contribution in [0.3, 0.4) is 0 Å². The number of epoxide rings is 1. The molecule has 1 rings (SSSR count). The molecule has 41 valence electrons. The van der Waals surface area contributed by atoms with Crippen molar-refractivity contribution in [2.24, 2.45) is 0 Å². The second kappa shape index (κ2) is 1.83. The van der Waals surface area contributed by atoms with E-state index in [0.717, 1.165) is 6.61 Å². The van der Waals surface area contributed by atoms with E-state index in [1.807, 2.05) is 0 Å². The Bertz CT molecular complexity index is 57.2. The zero-order chi connectivity index (χ0) is 5.28. The van der Waals surface area contributed by atoms with Crippen LogP contribution < -0.4 is 0 Å². The van der Waals surface area contributed by atoms with Gasteiger partial charge in [-0.05, 0) is 6.42 Å². The molecule has 0 bridgehead atoms. The molecule has 1 unspecified atom stereocenters. The second-order valence-corrected chi connectivity index (χ2v) is 2.02. The van der Waals surface area contributed by atoms with Crippen LogP contribution >= 0.6 is 0 Å². The van der Waals surface area contributed by atoms with Gasteiger partial charge < -0.3 is 4.74 Å². The van der Waals surface area contributed by atoms with Crippen LogP contribution in [0.5, 0.6) is 0 Å². The maximum atomic E-state index is 5.02. The molecule has 1 aliphatic rings. The highest BCUT2D eigenvalue weighted by molar-refractivity contribution is 4.98. The highest BCUT2D eigenvalue weighted by Crippen LogP contribution is 2.23.